The Hall–Kier alpha value is -0.0800. The Morgan fingerprint density at radius 1 is 1.00 bits per heavy atom. The van der Waals surface area contributed by atoms with Crippen LogP contribution in [-0.4, -0.2) is 24.7 Å². The van der Waals surface area contributed by atoms with Gasteiger partial charge in [-0.1, -0.05) is 32.1 Å². The van der Waals surface area contributed by atoms with Gasteiger partial charge in [0.05, 0.1) is 0 Å². The lowest BCUT2D eigenvalue weighted by atomic mass is 9.91. The summed E-state index contributed by atoms with van der Waals surface area (Å²) in [5.74, 6) is 0.919. The third-order valence-corrected chi connectivity index (χ3v) is 3.92. The van der Waals surface area contributed by atoms with Crippen LogP contribution in [0.25, 0.3) is 0 Å². The summed E-state index contributed by atoms with van der Waals surface area (Å²) in [5, 5.41) is 7.28. The van der Waals surface area contributed by atoms with Gasteiger partial charge in [0.15, 0.2) is 0 Å². The molecule has 108 valence electrons. The third kappa shape index (κ3) is 8.10. The topological polar surface area (TPSA) is 24.1 Å². The van der Waals surface area contributed by atoms with Crippen LogP contribution in [0, 0.1) is 5.92 Å². The van der Waals surface area contributed by atoms with Crippen LogP contribution in [-0.2, 0) is 0 Å². The Morgan fingerprint density at radius 3 is 2.11 bits per heavy atom. The molecule has 0 bridgehead atoms. The second-order valence-electron chi connectivity index (χ2n) is 7.15. The highest BCUT2D eigenvalue weighted by Gasteiger charge is 2.14. The average Bonchev–Trinajstić information content (AvgIpc) is 2.24. The summed E-state index contributed by atoms with van der Waals surface area (Å²) in [6.45, 7) is 11.3. The fraction of sp³-hybridized carbons (Fsp3) is 1.00. The summed E-state index contributed by atoms with van der Waals surface area (Å²) in [4.78, 5) is 0. The van der Waals surface area contributed by atoms with E-state index in [0.717, 1.165) is 12.5 Å². The lowest BCUT2D eigenvalue weighted by Gasteiger charge is -2.26. The van der Waals surface area contributed by atoms with Gasteiger partial charge in [-0.3, -0.25) is 0 Å². The van der Waals surface area contributed by atoms with E-state index in [9.17, 15) is 0 Å². The van der Waals surface area contributed by atoms with Crippen LogP contribution in [0.1, 0.15) is 72.6 Å². The van der Waals surface area contributed by atoms with E-state index in [0.29, 0.717) is 6.04 Å². The zero-order valence-corrected chi connectivity index (χ0v) is 13.0. The fourth-order valence-electron chi connectivity index (χ4n) is 2.64. The molecule has 1 atom stereocenters. The van der Waals surface area contributed by atoms with Gasteiger partial charge in [-0.2, -0.15) is 0 Å². The van der Waals surface area contributed by atoms with Gasteiger partial charge >= 0.3 is 0 Å². The first kappa shape index (κ1) is 16.0. The molecule has 0 aromatic carbocycles. The first-order valence-corrected chi connectivity index (χ1v) is 7.96. The zero-order chi connectivity index (χ0) is 13.4. The highest BCUT2D eigenvalue weighted by Crippen LogP contribution is 2.21. The summed E-state index contributed by atoms with van der Waals surface area (Å²) < 4.78 is 0. The number of rotatable bonds is 5. The summed E-state index contributed by atoms with van der Waals surface area (Å²) in [5.41, 5.74) is 0.232. The van der Waals surface area contributed by atoms with Crippen LogP contribution in [0.4, 0.5) is 0 Å². The normalized spacial score (nSPS) is 21.3. The molecule has 0 heterocycles. The maximum atomic E-state index is 3.71. The van der Waals surface area contributed by atoms with Crippen molar-refractivity contribution in [3.05, 3.63) is 0 Å². The standard InChI is InChI=1S/C16H34N2/c1-14(12-18-16(2,3)4)17-13-15-10-8-6-5-7-9-11-15/h14-15,17-18H,5-13H2,1-4H3. The van der Waals surface area contributed by atoms with E-state index in [1.165, 1.54) is 51.5 Å². The van der Waals surface area contributed by atoms with Crippen LogP contribution in [0.5, 0.6) is 0 Å². The molecule has 0 aliphatic heterocycles. The molecule has 0 aromatic rings. The lowest BCUT2D eigenvalue weighted by Crippen LogP contribution is -2.45. The molecule has 1 unspecified atom stereocenters. The minimum atomic E-state index is 0.232. The van der Waals surface area contributed by atoms with Gasteiger partial charge in [0.1, 0.15) is 0 Å². The van der Waals surface area contributed by atoms with Crippen molar-refractivity contribution in [3.8, 4) is 0 Å². The van der Waals surface area contributed by atoms with E-state index < -0.39 is 0 Å². The molecule has 0 amide bonds. The Kier molecular flexibility index (Phi) is 7.25. The minimum absolute atomic E-state index is 0.232. The van der Waals surface area contributed by atoms with Gasteiger partial charge in [-0.25, -0.2) is 0 Å². The quantitative estimate of drug-likeness (QED) is 0.781. The van der Waals surface area contributed by atoms with Gasteiger partial charge in [-0.15, -0.1) is 0 Å². The second-order valence-corrected chi connectivity index (χ2v) is 7.15. The molecular formula is C16H34N2. The van der Waals surface area contributed by atoms with Crippen molar-refractivity contribution in [3.63, 3.8) is 0 Å². The van der Waals surface area contributed by atoms with Crippen molar-refractivity contribution in [1.29, 1.82) is 0 Å². The summed E-state index contributed by atoms with van der Waals surface area (Å²) in [6, 6.07) is 0.578. The van der Waals surface area contributed by atoms with Gasteiger partial charge in [0, 0.05) is 18.1 Å². The predicted octanol–water partition coefficient (Wildman–Crippen LogP) is 3.71. The second kappa shape index (κ2) is 8.16. The molecule has 2 nitrogen and oxygen atoms in total. The molecule has 0 saturated heterocycles. The Labute approximate surface area is 114 Å². The lowest BCUT2D eigenvalue weighted by molar-refractivity contribution is 0.332. The molecule has 18 heavy (non-hydrogen) atoms. The van der Waals surface area contributed by atoms with Crippen LogP contribution < -0.4 is 10.6 Å². The van der Waals surface area contributed by atoms with E-state index in [1.54, 1.807) is 0 Å². The molecule has 1 saturated carbocycles. The van der Waals surface area contributed by atoms with Gasteiger partial charge in [0.25, 0.3) is 0 Å². The van der Waals surface area contributed by atoms with Crippen LogP contribution >= 0.6 is 0 Å². The maximum absolute atomic E-state index is 3.71. The van der Waals surface area contributed by atoms with E-state index in [2.05, 4.69) is 38.3 Å². The van der Waals surface area contributed by atoms with Crippen molar-refractivity contribution >= 4 is 0 Å². The van der Waals surface area contributed by atoms with E-state index in [1.807, 2.05) is 0 Å². The Morgan fingerprint density at radius 2 is 1.56 bits per heavy atom. The van der Waals surface area contributed by atoms with Crippen molar-refractivity contribution in [2.45, 2.75) is 84.2 Å². The summed E-state index contributed by atoms with van der Waals surface area (Å²) in [7, 11) is 0. The van der Waals surface area contributed by atoms with Crippen molar-refractivity contribution in [2.24, 2.45) is 5.92 Å². The average molecular weight is 254 g/mol. The van der Waals surface area contributed by atoms with Gasteiger partial charge in [-0.05, 0) is 53.0 Å². The van der Waals surface area contributed by atoms with E-state index in [-0.39, 0.29) is 5.54 Å². The van der Waals surface area contributed by atoms with Gasteiger partial charge in [0.2, 0.25) is 0 Å². The van der Waals surface area contributed by atoms with Crippen LogP contribution in [0.3, 0.4) is 0 Å². The number of nitrogens with one attached hydrogen (secondary N) is 2. The van der Waals surface area contributed by atoms with Gasteiger partial charge < -0.3 is 10.6 Å². The maximum Gasteiger partial charge on any atom is 0.0164 e. The number of hydrogen-bond acceptors (Lipinski definition) is 2. The molecule has 2 heteroatoms. The third-order valence-electron chi connectivity index (χ3n) is 3.92. The van der Waals surface area contributed by atoms with E-state index in [4.69, 9.17) is 0 Å². The fourth-order valence-corrected chi connectivity index (χ4v) is 2.64. The Bertz CT molecular complexity index is 200. The molecule has 0 spiro atoms. The van der Waals surface area contributed by atoms with Crippen molar-refractivity contribution < 1.29 is 0 Å². The van der Waals surface area contributed by atoms with Crippen molar-refractivity contribution in [1.82, 2.24) is 10.6 Å². The first-order valence-electron chi connectivity index (χ1n) is 7.96. The highest BCUT2D eigenvalue weighted by atomic mass is 15.0. The molecular weight excluding hydrogens is 220 g/mol. The van der Waals surface area contributed by atoms with Crippen LogP contribution in [0.15, 0.2) is 0 Å². The predicted molar refractivity (Wildman–Crippen MR) is 81.0 cm³/mol. The first-order chi connectivity index (χ1) is 8.47. The number of hydrogen-bond donors (Lipinski definition) is 2. The molecule has 2 N–H and O–H groups in total. The molecule has 1 aliphatic rings. The molecule has 0 aromatic heterocycles. The monoisotopic (exact) mass is 254 g/mol. The van der Waals surface area contributed by atoms with Crippen molar-refractivity contribution in [2.75, 3.05) is 13.1 Å². The largest absolute Gasteiger partial charge is 0.313 e. The molecule has 0 radical (unpaired) electrons. The molecule has 1 aliphatic carbocycles. The summed E-state index contributed by atoms with van der Waals surface area (Å²) in [6.07, 6.45) is 10.1. The smallest absolute Gasteiger partial charge is 0.0164 e. The zero-order valence-electron chi connectivity index (χ0n) is 13.0. The molecule has 1 rings (SSSR count). The minimum Gasteiger partial charge on any atom is -0.313 e. The summed E-state index contributed by atoms with van der Waals surface area (Å²) >= 11 is 0. The Balaban J connectivity index is 2.13. The van der Waals surface area contributed by atoms with E-state index >= 15 is 0 Å². The highest BCUT2D eigenvalue weighted by molar-refractivity contribution is 4.75. The molecule has 1 fully saturated rings. The SMILES string of the molecule is CC(CNC(C)(C)C)NCC1CCCCCCC1. The van der Waals surface area contributed by atoms with Crippen LogP contribution in [0.2, 0.25) is 0 Å².